The zero-order chi connectivity index (χ0) is 18.7. The molecule has 3 aromatic rings. The van der Waals surface area contributed by atoms with Gasteiger partial charge in [0.05, 0.1) is 13.2 Å². The Morgan fingerprint density at radius 2 is 2.00 bits per heavy atom. The summed E-state index contributed by atoms with van der Waals surface area (Å²) in [4.78, 5) is 29.0. The Balaban J connectivity index is 1.97. The highest BCUT2D eigenvalue weighted by Gasteiger charge is 2.23. The SMILES string of the molecule is CCOC(=O)C(CC)n1cnc2c(nnn2Cc2ccc(F)cc2)c1=O. The fraction of sp³-hybridized carbons (Fsp3) is 0.353. The van der Waals surface area contributed by atoms with Crippen LogP contribution in [0.3, 0.4) is 0 Å². The van der Waals surface area contributed by atoms with E-state index in [1.165, 1.54) is 27.7 Å². The van der Waals surface area contributed by atoms with E-state index in [1.54, 1.807) is 26.0 Å². The number of benzene rings is 1. The maximum Gasteiger partial charge on any atom is 0.329 e. The summed E-state index contributed by atoms with van der Waals surface area (Å²) in [6.07, 6.45) is 1.69. The molecule has 0 aliphatic carbocycles. The number of fused-ring (bicyclic) bond motifs is 1. The van der Waals surface area contributed by atoms with Crippen LogP contribution in [0.25, 0.3) is 11.2 Å². The molecule has 0 radical (unpaired) electrons. The number of hydrogen-bond donors (Lipinski definition) is 0. The average molecular weight is 359 g/mol. The Morgan fingerprint density at radius 3 is 2.65 bits per heavy atom. The predicted octanol–water partition coefficient (Wildman–Crippen LogP) is 1.69. The molecule has 2 aromatic heterocycles. The third-order valence-electron chi connectivity index (χ3n) is 3.98. The predicted molar refractivity (Wildman–Crippen MR) is 91.0 cm³/mol. The van der Waals surface area contributed by atoms with Crippen LogP contribution in [0.5, 0.6) is 0 Å². The molecule has 0 saturated heterocycles. The summed E-state index contributed by atoms with van der Waals surface area (Å²) in [5.41, 5.74) is 0.703. The Morgan fingerprint density at radius 1 is 1.27 bits per heavy atom. The molecule has 1 atom stereocenters. The van der Waals surface area contributed by atoms with Gasteiger partial charge in [-0.3, -0.25) is 9.36 Å². The van der Waals surface area contributed by atoms with Gasteiger partial charge in [0.1, 0.15) is 18.2 Å². The summed E-state index contributed by atoms with van der Waals surface area (Å²) >= 11 is 0. The third-order valence-corrected chi connectivity index (χ3v) is 3.98. The first-order valence-corrected chi connectivity index (χ1v) is 8.26. The molecule has 26 heavy (non-hydrogen) atoms. The average Bonchev–Trinajstić information content (AvgIpc) is 3.03. The summed E-state index contributed by atoms with van der Waals surface area (Å²) in [5.74, 6) is -0.820. The second kappa shape index (κ2) is 7.42. The highest BCUT2D eigenvalue weighted by molar-refractivity contribution is 5.75. The van der Waals surface area contributed by atoms with Crippen molar-refractivity contribution in [2.24, 2.45) is 0 Å². The second-order valence-corrected chi connectivity index (χ2v) is 5.68. The minimum Gasteiger partial charge on any atom is -0.464 e. The molecule has 0 N–H and O–H groups in total. The number of nitrogens with zero attached hydrogens (tertiary/aromatic N) is 5. The van der Waals surface area contributed by atoms with Crippen molar-refractivity contribution in [3.63, 3.8) is 0 Å². The van der Waals surface area contributed by atoms with E-state index in [0.29, 0.717) is 18.6 Å². The number of carbonyl (C=O) groups excluding carboxylic acids is 1. The molecule has 8 nitrogen and oxygen atoms in total. The molecule has 9 heteroatoms. The highest BCUT2D eigenvalue weighted by Crippen LogP contribution is 2.13. The van der Waals surface area contributed by atoms with Gasteiger partial charge in [0.2, 0.25) is 0 Å². The number of carbonyl (C=O) groups is 1. The van der Waals surface area contributed by atoms with Crippen molar-refractivity contribution >= 4 is 17.1 Å². The van der Waals surface area contributed by atoms with E-state index in [4.69, 9.17) is 4.74 Å². The maximum atomic E-state index is 13.0. The monoisotopic (exact) mass is 359 g/mol. The van der Waals surface area contributed by atoms with Gasteiger partial charge in [0.25, 0.3) is 5.56 Å². The van der Waals surface area contributed by atoms with E-state index >= 15 is 0 Å². The van der Waals surface area contributed by atoms with Crippen LogP contribution in [0, 0.1) is 5.82 Å². The molecule has 136 valence electrons. The maximum absolute atomic E-state index is 13.0. The number of ether oxygens (including phenoxy) is 1. The fourth-order valence-electron chi connectivity index (χ4n) is 2.67. The first kappa shape index (κ1) is 17.7. The zero-order valence-electron chi connectivity index (χ0n) is 14.4. The summed E-state index contributed by atoms with van der Waals surface area (Å²) in [7, 11) is 0. The van der Waals surface area contributed by atoms with Crippen molar-refractivity contribution in [3.8, 4) is 0 Å². The Labute approximate surface area is 148 Å². The lowest BCUT2D eigenvalue weighted by Crippen LogP contribution is -2.31. The normalized spacial score (nSPS) is 12.3. The second-order valence-electron chi connectivity index (χ2n) is 5.68. The summed E-state index contributed by atoms with van der Waals surface area (Å²) < 4.78 is 20.7. The zero-order valence-corrected chi connectivity index (χ0v) is 14.4. The van der Waals surface area contributed by atoms with Crippen molar-refractivity contribution in [3.05, 3.63) is 52.3 Å². The highest BCUT2D eigenvalue weighted by atomic mass is 19.1. The van der Waals surface area contributed by atoms with Crippen LogP contribution in [0.2, 0.25) is 0 Å². The fourth-order valence-corrected chi connectivity index (χ4v) is 2.67. The molecule has 3 rings (SSSR count). The molecule has 0 amide bonds. The topological polar surface area (TPSA) is 91.9 Å². The number of rotatable bonds is 6. The van der Waals surface area contributed by atoms with E-state index in [-0.39, 0.29) is 17.9 Å². The molecule has 0 aliphatic heterocycles. The molecule has 0 saturated carbocycles. The smallest absolute Gasteiger partial charge is 0.329 e. The van der Waals surface area contributed by atoms with Gasteiger partial charge in [-0.15, -0.1) is 5.10 Å². The standard InChI is InChI=1S/C17H18FN5O3/c1-3-13(17(25)26-4-2)22-10-19-15-14(16(22)24)20-21-23(15)9-11-5-7-12(18)8-6-11/h5-8,10,13H,3-4,9H2,1-2H3. The van der Waals surface area contributed by atoms with E-state index in [0.717, 1.165) is 5.56 Å². The third kappa shape index (κ3) is 3.32. The quantitative estimate of drug-likeness (QED) is 0.622. The summed E-state index contributed by atoms with van der Waals surface area (Å²) in [6, 6.07) is 5.18. The van der Waals surface area contributed by atoms with Crippen LogP contribution < -0.4 is 5.56 Å². The number of halogens is 1. The van der Waals surface area contributed by atoms with E-state index in [9.17, 15) is 14.0 Å². The summed E-state index contributed by atoms with van der Waals surface area (Å²) in [5, 5.41) is 7.87. The van der Waals surface area contributed by atoms with Crippen molar-refractivity contribution in [1.29, 1.82) is 0 Å². The molecule has 0 fully saturated rings. The molecule has 0 spiro atoms. The van der Waals surface area contributed by atoms with Gasteiger partial charge in [-0.05, 0) is 31.0 Å². The first-order valence-electron chi connectivity index (χ1n) is 8.26. The van der Waals surface area contributed by atoms with Crippen LogP contribution in [0.4, 0.5) is 4.39 Å². The van der Waals surface area contributed by atoms with Gasteiger partial charge in [-0.1, -0.05) is 24.3 Å². The molecule has 2 heterocycles. The van der Waals surface area contributed by atoms with Crippen molar-refractivity contribution in [2.45, 2.75) is 32.9 Å². The van der Waals surface area contributed by atoms with Crippen LogP contribution in [0.1, 0.15) is 31.9 Å². The van der Waals surface area contributed by atoms with Crippen LogP contribution in [0.15, 0.2) is 35.4 Å². The molecular weight excluding hydrogens is 341 g/mol. The number of hydrogen-bond acceptors (Lipinski definition) is 6. The Kier molecular flexibility index (Phi) is 5.06. The van der Waals surface area contributed by atoms with Crippen LogP contribution in [-0.4, -0.2) is 37.1 Å². The molecule has 0 bridgehead atoms. The van der Waals surface area contributed by atoms with Gasteiger partial charge >= 0.3 is 5.97 Å². The summed E-state index contributed by atoms with van der Waals surface area (Å²) in [6.45, 7) is 4.01. The van der Waals surface area contributed by atoms with Crippen LogP contribution in [-0.2, 0) is 16.1 Å². The van der Waals surface area contributed by atoms with Gasteiger partial charge in [-0.2, -0.15) is 0 Å². The van der Waals surface area contributed by atoms with Crippen molar-refractivity contribution in [1.82, 2.24) is 24.5 Å². The van der Waals surface area contributed by atoms with E-state index in [1.807, 2.05) is 0 Å². The molecule has 1 unspecified atom stereocenters. The lowest BCUT2D eigenvalue weighted by atomic mass is 10.2. The first-order chi connectivity index (χ1) is 12.5. The number of esters is 1. The molecular formula is C17H18FN5O3. The minimum absolute atomic E-state index is 0.0670. The molecule has 0 aliphatic rings. The van der Waals surface area contributed by atoms with E-state index in [2.05, 4.69) is 15.3 Å². The van der Waals surface area contributed by atoms with Gasteiger partial charge in [0, 0.05) is 0 Å². The van der Waals surface area contributed by atoms with Gasteiger partial charge in [0.15, 0.2) is 11.2 Å². The lowest BCUT2D eigenvalue weighted by molar-refractivity contribution is -0.147. The van der Waals surface area contributed by atoms with Gasteiger partial charge in [-0.25, -0.2) is 18.9 Å². The largest absolute Gasteiger partial charge is 0.464 e. The van der Waals surface area contributed by atoms with Crippen molar-refractivity contribution in [2.75, 3.05) is 6.61 Å². The lowest BCUT2D eigenvalue weighted by Gasteiger charge is -2.15. The van der Waals surface area contributed by atoms with E-state index < -0.39 is 17.6 Å². The minimum atomic E-state index is -0.762. The van der Waals surface area contributed by atoms with Crippen molar-refractivity contribution < 1.29 is 13.9 Å². The Hall–Kier alpha value is -3.10. The number of aromatic nitrogens is 5. The Bertz CT molecular complexity index is 980. The molecule has 1 aromatic carbocycles. The van der Waals surface area contributed by atoms with Gasteiger partial charge < -0.3 is 4.74 Å². The van der Waals surface area contributed by atoms with Crippen LogP contribution >= 0.6 is 0 Å².